The van der Waals surface area contributed by atoms with Gasteiger partial charge in [-0.2, -0.15) is 0 Å². The van der Waals surface area contributed by atoms with Crippen LogP contribution in [-0.4, -0.2) is 71.7 Å². The second-order valence-electron chi connectivity index (χ2n) is 9.87. The lowest BCUT2D eigenvalue weighted by molar-refractivity contribution is -0.145. The Bertz CT molecular complexity index is 873. The van der Waals surface area contributed by atoms with Crippen LogP contribution in [0.1, 0.15) is 43.7 Å². The number of allylic oxidation sites excluding steroid dienone is 1. The maximum absolute atomic E-state index is 12.8. The summed E-state index contributed by atoms with van der Waals surface area (Å²) in [4.78, 5) is 29.3. The summed E-state index contributed by atoms with van der Waals surface area (Å²) < 4.78 is 11.0. The topological polar surface area (TPSA) is 83.2 Å². The van der Waals surface area contributed by atoms with Crippen LogP contribution in [0.15, 0.2) is 34.5 Å². The van der Waals surface area contributed by atoms with Gasteiger partial charge < -0.3 is 19.2 Å². The van der Waals surface area contributed by atoms with Crippen molar-refractivity contribution in [2.75, 3.05) is 32.7 Å². The number of furan rings is 1. The first-order valence-electron chi connectivity index (χ1n) is 11.5. The van der Waals surface area contributed by atoms with Crippen LogP contribution in [0.2, 0.25) is 0 Å². The van der Waals surface area contributed by atoms with Gasteiger partial charge in [0.05, 0.1) is 18.3 Å². The van der Waals surface area contributed by atoms with Crippen LogP contribution in [0.4, 0.5) is 0 Å². The van der Waals surface area contributed by atoms with Gasteiger partial charge in [-0.3, -0.25) is 14.5 Å². The molecule has 7 nitrogen and oxygen atoms in total. The van der Waals surface area contributed by atoms with Gasteiger partial charge in [0.2, 0.25) is 0 Å². The van der Waals surface area contributed by atoms with Gasteiger partial charge in [-0.1, -0.05) is 25.5 Å². The highest BCUT2D eigenvalue weighted by atomic mass is 16.6. The zero-order chi connectivity index (χ0) is 21.8. The second kappa shape index (κ2) is 7.78. The highest BCUT2D eigenvalue weighted by Gasteiger charge is 2.59. The zero-order valence-electron chi connectivity index (χ0n) is 18.3. The summed E-state index contributed by atoms with van der Waals surface area (Å²) in [5.41, 5.74) is 0.985. The zero-order valence-corrected chi connectivity index (χ0v) is 18.3. The molecule has 3 heterocycles. The number of aliphatic hydroxyl groups excluding tert-OH is 1. The van der Waals surface area contributed by atoms with E-state index >= 15 is 0 Å². The van der Waals surface area contributed by atoms with Gasteiger partial charge in [0, 0.05) is 50.5 Å². The fraction of sp³-hybridized carbons (Fsp3) is 0.667. The Kier molecular flexibility index (Phi) is 5.21. The van der Waals surface area contributed by atoms with E-state index in [1.54, 1.807) is 17.0 Å². The largest absolute Gasteiger partial charge is 0.461 e. The molecule has 0 bridgehead atoms. The SMILES string of the molecule is C[C@H]1CCC=C2C[C@H]3OC(=O)[C@@H](CN4CCN(C(=O)c5ccco5)CC4)[C@H]3[C@@H](O)[C@@]21C. The van der Waals surface area contributed by atoms with Gasteiger partial charge in [0.25, 0.3) is 5.91 Å². The van der Waals surface area contributed by atoms with Crippen molar-refractivity contribution in [3.05, 3.63) is 35.8 Å². The van der Waals surface area contributed by atoms with E-state index in [9.17, 15) is 14.7 Å². The van der Waals surface area contributed by atoms with Crippen LogP contribution in [0, 0.1) is 23.2 Å². The molecule has 0 aromatic carbocycles. The molecule has 0 spiro atoms. The first-order chi connectivity index (χ1) is 14.9. The molecule has 7 heteroatoms. The maximum Gasteiger partial charge on any atom is 0.311 e. The summed E-state index contributed by atoms with van der Waals surface area (Å²) in [6.45, 7) is 7.55. The van der Waals surface area contributed by atoms with Crippen molar-refractivity contribution in [1.82, 2.24) is 9.80 Å². The fourth-order valence-corrected chi connectivity index (χ4v) is 6.24. The molecular weight excluding hydrogens is 396 g/mol. The molecule has 3 fully saturated rings. The number of carbonyl (C=O) groups excluding carboxylic acids is 2. The van der Waals surface area contributed by atoms with Gasteiger partial charge in [0.1, 0.15) is 6.10 Å². The molecule has 0 unspecified atom stereocenters. The molecule has 31 heavy (non-hydrogen) atoms. The van der Waals surface area contributed by atoms with Crippen molar-refractivity contribution in [3.63, 3.8) is 0 Å². The lowest BCUT2D eigenvalue weighted by Crippen LogP contribution is -2.55. The molecule has 2 aliphatic heterocycles. The first kappa shape index (κ1) is 20.8. The van der Waals surface area contributed by atoms with Gasteiger partial charge in [-0.25, -0.2) is 0 Å². The Morgan fingerprint density at radius 2 is 2.06 bits per heavy atom. The minimum Gasteiger partial charge on any atom is -0.461 e. The van der Waals surface area contributed by atoms with Gasteiger partial charge in [-0.05, 0) is 30.9 Å². The number of esters is 1. The smallest absolute Gasteiger partial charge is 0.311 e. The minimum atomic E-state index is -0.578. The van der Waals surface area contributed by atoms with Crippen molar-refractivity contribution < 1.29 is 23.8 Å². The molecule has 6 atom stereocenters. The van der Waals surface area contributed by atoms with Crippen molar-refractivity contribution in [2.24, 2.45) is 23.2 Å². The third-order valence-corrected chi connectivity index (χ3v) is 8.42. The van der Waals surface area contributed by atoms with E-state index in [1.165, 1.54) is 11.8 Å². The average Bonchev–Trinajstić information content (AvgIpc) is 3.39. The van der Waals surface area contributed by atoms with Crippen LogP contribution in [0.3, 0.4) is 0 Å². The van der Waals surface area contributed by atoms with E-state index in [2.05, 4.69) is 24.8 Å². The number of amides is 1. The molecule has 5 rings (SSSR count). The number of aliphatic hydroxyl groups is 1. The van der Waals surface area contributed by atoms with Crippen LogP contribution in [0.5, 0.6) is 0 Å². The van der Waals surface area contributed by atoms with E-state index in [-0.39, 0.29) is 35.2 Å². The Morgan fingerprint density at radius 1 is 1.29 bits per heavy atom. The summed E-state index contributed by atoms with van der Waals surface area (Å²) in [7, 11) is 0. The number of hydrogen-bond donors (Lipinski definition) is 1. The Labute approximate surface area is 183 Å². The van der Waals surface area contributed by atoms with Crippen LogP contribution in [-0.2, 0) is 9.53 Å². The minimum absolute atomic E-state index is 0.0915. The van der Waals surface area contributed by atoms with Crippen molar-refractivity contribution in [2.45, 2.75) is 45.3 Å². The highest BCUT2D eigenvalue weighted by Crippen LogP contribution is 2.56. The van der Waals surface area contributed by atoms with E-state index in [0.717, 1.165) is 19.3 Å². The predicted octanol–water partition coefficient (Wildman–Crippen LogP) is 2.32. The Morgan fingerprint density at radius 3 is 2.77 bits per heavy atom. The molecule has 168 valence electrons. The highest BCUT2D eigenvalue weighted by molar-refractivity contribution is 5.91. The molecule has 2 saturated heterocycles. The summed E-state index contributed by atoms with van der Waals surface area (Å²) in [6.07, 6.45) is 5.82. The standard InChI is InChI=1S/C24H32N2O5/c1-15-5-3-6-16-13-19-20(21(27)24(15,16)2)17(23(29)31-19)14-25-8-10-26(11-9-25)22(28)18-7-4-12-30-18/h4,6-7,12,15,17,19-21,27H,3,5,8-11,13-14H2,1-2H3/t15-,17-,19+,20+,21+,24+/m0/s1. The Balaban J connectivity index is 1.26. The van der Waals surface area contributed by atoms with Crippen molar-refractivity contribution in [3.8, 4) is 0 Å². The van der Waals surface area contributed by atoms with E-state index in [0.29, 0.717) is 44.4 Å². The van der Waals surface area contributed by atoms with E-state index in [1.807, 2.05) is 0 Å². The molecule has 2 aliphatic carbocycles. The molecule has 1 saturated carbocycles. The lowest BCUT2D eigenvalue weighted by atomic mass is 9.55. The molecule has 1 N–H and O–H groups in total. The number of fused-ring (bicyclic) bond motifs is 2. The summed E-state index contributed by atoms with van der Waals surface area (Å²) >= 11 is 0. The summed E-state index contributed by atoms with van der Waals surface area (Å²) in [5.74, 6) is -0.0154. The molecule has 1 amide bonds. The predicted molar refractivity (Wildman–Crippen MR) is 113 cm³/mol. The van der Waals surface area contributed by atoms with E-state index < -0.39 is 6.10 Å². The number of carbonyl (C=O) groups is 2. The number of rotatable bonds is 3. The average molecular weight is 429 g/mol. The molecule has 1 aromatic rings. The molecular formula is C24H32N2O5. The molecule has 1 aromatic heterocycles. The number of nitrogens with zero attached hydrogens (tertiary/aromatic N) is 2. The lowest BCUT2D eigenvalue weighted by Gasteiger charge is -2.52. The van der Waals surface area contributed by atoms with Crippen LogP contribution >= 0.6 is 0 Å². The molecule has 0 radical (unpaired) electrons. The summed E-state index contributed by atoms with van der Waals surface area (Å²) in [6, 6.07) is 3.40. The fourth-order valence-electron chi connectivity index (χ4n) is 6.24. The van der Waals surface area contributed by atoms with Crippen molar-refractivity contribution >= 4 is 11.9 Å². The monoisotopic (exact) mass is 428 g/mol. The van der Waals surface area contributed by atoms with Crippen LogP contribution in [0.25, 0.3) is 0 Å². The first-order valence-corrected chi connectivity index (χ1v) is 11.5. The third kappa shape index (κ3) is 3.33. The quantitative estimate of drug-likeness (QED) is 0.588. The Hall–Kier alpha value is -2.12. The normalized spacial score (nSPS) is 38.3. The summed E-state index contributed by atoms with van der Waals surface area (Å²) in [5, 5.41) is 11.5. The number of ether oxygens (including phenoxy) is 1. The number of hydrogen-bond acceptors (Lipinski definition) is 6. The van der Waals surface area contributed by atoms with Gasteiger partial charge in [-0.15, -0.1) is 0 Å². The second-order valence-corrected chi connectivity index (χ2v) is 9.87. The van der Waals surface area contributed by atoms with Gasteiger partial charge in [0.15, 0.2) is 5.76 Å². The molecule has 4 aliphatic rings. The van der Waals surface area contributed by atoms with Crippen LogP contribution < -0.4 is 0 Å². The van der Waals surface area contributed by atoms with Gasteiger partial charge >= 0.3 is 5.97 Å². The number of piperazine rings is 1. The maximum atomic E-state index is 12.8. The van der Waals surface area contributed by atoms with Crippen molar-refractivity contribution in [1.29, 1.82) is 0 Å². The third-order valence-electron chi connectivity index (χ3n) is 8.42. The van der Waals surface area contributed by atoms with E-state index in [4.69, 9.17) is 9.15 Å².